The molecule has 0 fully saturated rings. The zero-order chi connectivity index (χ0) is 20.4. The number of benzene rings is 2. The number of aromatic nitrogens is 5. The van der Waals surface area contributed by atoms with Crippen molar-refractivity contribution in [2.24, 2.45) is 0 Å². The van der Waals surface area contributed by atoms with E-state index in [1.54, 1.807) is 23.0 Å². The molecule has 0 spiro atoms. The van der Waals surface area contributed by atoms with Crippen molar-refractivity contribution in [3.8, 4) is 5.69 Å². The second-order valence-corrected chi connectivity index (χ2v) is 6.85. The molecular formula is C20H15ClFN5O2. The van der Waals surface area contributed by atoms with Gasteiger partial charge in [-0.3, -0.25) is 14.2 Å². The van der Waals surface area contributed by atoms with E-state index in [-0.39, 0.29) is 6.54 Å². The number of hydrogen-bond acceptors (Lipinski definition) is 4. The molecule has 4 rings (SSSR count). The van der Waals surface area contributed by atoms with Gasteiger partial charge in [0.15, 0.2) is 0 Å². The molecule has 0 bridgehead atoms. The fraction of sp³-hybridized carbons (Fsp3) is 0.100. The van der Waals surface area contributed by atoms with Gasteiger partial charge in [-0.2, -0.15) is 0 Å². The van der Waals surface area contributed by atoms with Crippen LogP contribution < -0.4 is 11.1 Å². The molecule has 2 heterocycles. The molecule has 0 amide bonds. The lowest BCUT2D eigenvalue weighted by Crippen LogP contribution is -2.40. The minimum atomic E-state index is -0.729. The maximum absolute atomic E-state index is 13.1. The highest BCUT2D eigenvalue weighted by molar-refractivity contribution is 6.30. The molecule has 0 aliphatic rings. The van der Waals surface area contributed by atoms with Gasteiger partial charge in [-0.15, -0.1) is 5.10 Å². The topological polar surface area (TPSA) is 74.7 Å². The Bertz CT molecular complexity index is 1260. The molecule has 0 saturated heterocycles. The van der Waals surface area contributed by atoms with Crippen LogP contribution in [-0.4, -0.2) is 24.1 Å². The van der Waals surface area contributed by atoms with Crippen LogP contribution in [-0.2, 0) is 13.1 Å². The fourth-order valence-electron chi connectivity index (χ4n) is 2.88. The molecule has 0 aliphatic carbocycles. The molecule has 7 nitrogen and oxygen atoms in total. The average molecular weight is 412 g/mol. The van der Waals surface area contributed by atoms with Gasteiger partial charge < -0.3 is 4.57 Å². The summed E-state index contributed by atoms with van der Waals surface area (Å²) in [5, 5.41) is 8.77. The first-order valence-corrected chi connectivity index (χ1v) is 9.09. The Hall–Kier alpha value is -3.52. The summed E-state index contributed by atoms with van der Waals surface area (Å²) in [6.45, 7) is 0.615. The SMILES string of the molecule is O=c1c(=O)n(-c2ccc(F)cc2)ccn1Cc1cn(Cc2ccc(Cl)cc2)nn1. The molecule has 0 unspecified atom stereocenters. The molecule has 0 N–H and O–H groups in total. The van der Waals surface area contributed by atoms with Crippen LogP contribution in [0.15, 0.2) is 76.7 Å². The summed E-state index contributed by atoms with van der Waals surface area (Å²) < 4.78 is 17.2. The van der Waals surface area contributed by atoms with Crippen LogP contribution in [0.1, 0.15) is 11.3 Å². The largest absolute Gasteiger partial charge is 0.320 e. The monoisotopic (exact) mass is 411 g/mol. The van der Waals surface area contributed by atoms with E-state index in [0.717, 1.165) is 5.56 Å². The van der Waals surface area contributed by atoms with Gasteiger partial charge >= 0.3 is 11.1 Å². The van der Waals surface area contributed by atoms with Crippen molar-refractivity contribution in [3.05, 3.63) is 110 Å². The normalized spacial score (nSPS) is 11.0. The average Bonchev–Trinajstić information content (AvgIpc) is 3.15. The molecule has 4 aromatic rings. The maximum atomic E-state index is 13.1. The van der Waals surface area contributed by atoms with Gasteiger partial charge in [0.2, 0.25) is 0 Å². The molecule has 0 atom stereocenters. The third-order valence-electron chi connectivity index (χ3n) is 4.34. The first-order chi connectivity index (χ1) is 14.0. The van der Waals surface area contributed by atoms with Crippen molar-refractivity contribution in [2.75, 3.05) is 0 Å². The van der Waals surface area contributed by atoms with Gasteiger partial charge in [0, 0.05) is 23.1 Å². The Morgan fingerprint density at radius 3 is 2.34 bits per heavy atom. The quantitative estimate of drug-likeness (QED) is 0.473. The van der Waals surface area contributed by atoms with Gasteiger partial charge in [0.25, 0.3) is 0 Å². The van der Waals surface area contributed by atoms with Crippen molar-refractivity contribution in [1.82, 2.24) is 24.1 Å². The Morgan fingerprint density at radius 1 is 0.897 bits per heavy atom. The summed E-state index contributed by atoms with van der Waals surface area (Å²) in [6.07, 6.45) is 4.67. The highest BCUT2D eigenvalue weighted by atomic mass is 35.5. The predicted molar refractivity (Wildman–Crippen MR) is 106 cm³/mol. The number of nitrogens with zero attached hydrogens (tertiary/aromatic N) is 5. The van der Waals surface area contributed by atoms with Crippen molar-refractivity contribution in [1.29, 1.82) is 0 Å². The smallest absolute Gasteiger partial charge is 0.303 e. The van der Waals surface area contributed by atoms with Crippen molar-refractivity contribution < 1.29 is 4.39 Å². The van der Waals surface area contributed by atoms with Crippen molar-refractivity contribution in [2.45, 2.75) is 13.1 Å². The second-order valence-electron chi connectivity index (χ2n) is 6.42. The lowest BCUT2D eigenvalue weighted by molar-refractivity contribution is 0.627. The van der Waals surface area contributed by atoms with E-state index < -0.39 is 16.9 Å². The van der Waals surface area contributed by atoms with Gasteiger partial charge in [-0.05, 0) is 42.0 Å². The van der Waals surface area contributed by atoms with Gasteiger partial charge in [-0.25, -0.2) is 9.07 Å². The Balaban J connectivity index is 1.54. The Labute approximate surface area is 169 Å². The first-order valence-electron chi connectivity index (χ1n) is 8.71. The molecule has 146 valence electrons. The minimum absolute atomic E-state index is 0.110. The molecule has 2 aromatic heterocycles. The van der Waals surface area contributed by atoms with Gasteiger partial charge in [-0.1, -0.05) is 28.9 Å². The Morgan fingerprint density at radius 2 is 1.62 bits per heavy atom. The van der Waals surface area contributed by atoms with E-state index in [4.69, 9.17) is 11.6 Å². The lowest BCUT2D eigenvalue weighted by Gasteiger charge is -2.07. The summed E-state index contributed by atoms with van der Waals surface area (Å²) >= 11 is 5.88. The summed E-state index contributed by atoms with van der Waals surface area (Å²) in [4.78, 5) is 24.9. The zero-order valence-corrected chi connectivity index (χ0v) is 15.8. The molecule has 2 aromatic carbocycles. The maximum Gasteiger partial charge on any atom is 0.320 e. The zero-order valence-electron chi connectivity index (χ0n) is 15.1. The van der Waals surface area contributed by atoms with Gasteiger partial charge in [0.05, 0.1) is 19.3 Å². The third kappa shape index (κ3) is 4.17. The van der Waals surface area contributed by atoms with Crippen LogP contribution in [0.25, 0.3) is 5.69 Å². The fourth-order valence-corrected chi connectivity index (χ4v) is 3.00. The summed E-state index contributed by atoms with van der Waals surface area (Å²) in [5.74, 6) is -0.420. The highest BCUT2D eigenvalue weighted by Gasteiger charge is 2.09. The van der Waals surface area contributed by atoms with Crippen LogP contribution in [0, 0.1) is 5.82 Å². The van der Waals surface area contributed by atoms with E-state index in [9.17, 15) is 14.0 Å². The van der Waals surface area contributed by atoms with E-state index in [2.05, 4.69) is 10.3 Å². The first kappa shape index (κ1) is 18.8. The van der Waals surface area contributed by atoms with E-state index >= 15 is 0 Å². The molecule has 9 heteroatoms. The minimum Gasteiger partial charge on any atom is -0.303 e. The molecule has 0 saturated carbocycles. The van der Waals surface area contributed by atoms with Gasteiger partial charge in [0.1, 0.15) is 11.5 Å². The summed E-state index contributed by atoms with van der Waals surface area (Å²) in [7, 11) is 0. The highest BCUT2D eigenvalue weighted by Crippen LogP contribution is 2.11. The van der Waals surface area contributed by atoms with E-state index in [1.807, 2.05) is 12.1 Å². The Kier molecular flexibility index (Phi) is 5.09. The van der Waals surface area contributed by atoms with Crippen LogP contribution in [0.4, 0.5) is 4.39 Å². The van der Waals surface area contributed by atoms with Crippen molar-refractivity contribution >= 4 is 11.6 Å². The van der Waals surface area contributed by atoms with E-state index in [1.165, 1.54) is 45.8 Å². The third-order valence-corrected chi connectivity index (χ3v) is 4.59. The van der Waals surface area contributed by atoms with Crippen LogP contribution in [0.3, 0.4) is 0 Å². The summed E-state index contributed by atoms with van der Waals surface area (Å²) in [6, 6.07) is 12.7. The van der Waals surface area contributed by atoms with E-state index in [0.29, 0.717) is 22.9 Å². The summed E-state index contributed by atoms with van der Waals surface area (Å²) in [5.41, 5.74) is 0.524. The standard InChI is InChI=1S/C20H15ClFN5O2/c21-15-3-1-14(2-4-15)11-26-13-17(23-24-26)12-25-9-10-27(20(29)19(25)28)18-7-5-16(22)6-8-18/h1-10,13H,11-12H2. The second kappa shape index (κ2) is 7.84. The molecule has 0 aliphatic heterocycles. The molecule has 0 radical (unpaired) electrons. The lowest BCUT2D eigenvalue weighted by atomic mass is 10.2. The molecular weight excluding hydrogens is 397 g/mol. The number of hydrogen-bond donors (Lipinski definition) is 0. The van der Waals surface area contributed by atoms with Crippen LogP contribution in [0.5, 0.6) is 0 Å². The predicted octanol–water partition coefficient (Wildman–Crippen LogP) is 2.48. The number of rotatable bonds is 5. The van der Waals surface area contributed by atoms with Crippen LogP contribution >= 0.6 is 11.6 Å². The van der Waals surface area contributed by atoms with Crippen molar-refractivity contribution in [3.63, 3.8) is 0 Å². The molecule has 29 heavy (non-hydrogen) atoms. The van der Waals surface area contributed by atoms with Crippen LogP contribution in [0.2, 0.25) is 5.02 Å². The number of halogens is 2.